The molecule has 0 aromatic carbocycles. The van der Waals surface area contributed by atoms with E-state index < -0.39 is 5.76 Å². The number of rotatable bonds is 7. The Morgan fingerprint density at radius 2 is 2.03 bits per heavy atom. The fraction of sp³-hybridized carbons (Fsp3) is 0.417. The van der Waals surface area contributed by atoms with Crippen molar-refractivity contribution in [1.82, 2.24) is 24.9 Å². The first-order valence-electron chi connectivity index (χ1n) is 11.5. The van der Waals surface area contributed by atoms with Gasteiger partial charge < -0.3 is 10.6 Å². The third-order valence-corrected chi connectivity index (χ3v) is 7.82. The first-order chi connectivity index (χ1) is 16.6. The topological polar surface area (TPSA) is 61.7 Å². The number of thioether (sulfide) groups is 1. The Kier molecular flexibility index (Phi) is 7.29. The van der Waals surface area contributed by atoms with Gasteiger partial charge in [-0.05, 0) is 36.7 Å². The minimum atomic E-state index is -2.48. The third-order valence-electron chi connectivity index (χ3n) is 6.13. The van der Waals surface area contributed by atoms with Gasteiger partial charge in [0.25, 0.3) is 11.7 Å². The first-order valence-corrected chi connectivity index (χ1v) is 13.3. The maximum Gasteiger partial charge on any atom is 0.288 e. The van der Waals surface area contributed by atoms with E-state index in [-0.39, 0.29) is 5.91 Å². The quantitative estimate of drug-likeness (QED) is 0.581. The fourth-order valence-electron chi connectivity index (χ4n) is 4.44. The average Bonchev–Trinajstić information content (AvgIpc) is 3.42. The number of thiazole rings is 1. The fourth-order valence-corrected chi connectivity index (χ4v) is 5.97. The number of hydrogen-bond donors (Lipinski definition) is 2. The zero-order valence-corrected chi connectivity index (χ0v) is 20.4. The number of alkyl halides is 2. The highest BCUT2D eigenvalue weighted by atomic mass is 32.2. The molecule has 0 bridgehead atoms. The first kappa shape index (κ1) is 23.5. The molecule has 6 nitrogen and oxygen atoms in total. The monoisotopic (exact) mass is 503 g/mol. The van der Waals surface area contributed by atoms with Crippen molar-refractivity contribution in [2.24, 2.45) is 0 Å². The molecule has 2 aromatic rings. The van der Waals surface area contributed by atoms with E-state index in [1.165, 1.54) is 5.69 Å². The Bertz CT molecular complexity index is 1190. The smallest absolute Gasteiger partial charge is 0.288 e. The van der Waals surface area contributed by atoms with Gasteiger partial charge in [-0.2, -0.15) is 8.78 Å². The Balaban J connectivity index is 1.32. The van der Waals surface area contributed by atoms with Crippen molar-refractivity contribution in [1.29, 1.82) is 0 Å². The van der Waals surface area contributed by atoms with Gasteiger partial charge >= 0.3 is 0 Å². The number of nitrogens with zero attached hydrogens (tertiary/aromatic N) is 3. The molecule has 180 valence electrons. The normalized spacial score (nSPS) is 19.6. The number of carbonyl (C=O) groups excluding carboxylic acids is 1. The number of amides is 1. The zero-order valence-electron chi connectivity index (χ0n) is 18.7. The standard InChI is InChI=1S/C24H27F2N5OS2/c25-23(26)34-18-5-3-4-16(12-18)22(32)28-20-7-2-1-6-19(20)21-14-31-17(15-33-24(31)29-21)13-30-10-8-27-9-11-30/h4,6-7,12,14-15,23,27H,1-3,5,8-11,13H2,(H,28,32). The Morgan fingerprint density at radius 1 is 1.21 bits per heavy atom. The number of hydrogen-bond acceptors (Lipinski definition) is 6. The van der Waals surface area contributed by atoms with Crippen LogP contribution in [0.1, 0.15) is 37.1 Å². The van der Waals surface area contributed by atoms with Gasteiger partial charge in [0.15, 0.2) is 4.96 Å². The molecule has 3 heterocycles. The van der Waals surface area contributed by atoms with Gasteiger partial charge in [-0.1, -0.05) is 30.0 Å². The molecular formula is C24H27F2N5OS2. The summed E-state index contributed by atoms with van der Waals surface area (Å²) in [6.45, 7) is 4.97. The molecule has 0 radical (unpaired) electrons. The SMILES string of the molecule is O=C(NC1=CCCC=C1c1cn2c(CN3CCNCC3)csc2n1)C1=CCCC(SC(F)F)=C1. The van der Waals surface area contributed by atoms with Crippen molar-refractivity contribution in [3.63, 3.8) is 0 Å². The summed E-state index contributed by atoms with van der Waals surface area (Å²) in [6.07, 6.45) is 12.4. The molecule has 5 rings (SSSR count). The molecule has 1 amide bonds. The van der Waals surface area contributed by atoms with E-state index in [1.54, 1.807) is 17.4 Å². The predicted molar refractivity (Wildman–Crippen MR) is 134 cm³/mol. The molecule has 0 unspecified atom stereocenters. The van der Waals surface area contributed by atoms with E-state index in [0.29, 0.717) is 35.1 Å². The summed E-state index contributed by atoms with van der Waals surface area (Å²) in [6, 6.07) is 0. The second-order valence-electron chi connectivity index (χ2n) is 8.49. The highest BCUT2D eigenvalue weighted by Crippen LogP contribution is 2.33. The van der Waals surface area contributed by atoms with Gasteiger partial charge in [0.1, 0.15) is 0 Å². The molecule has 10 heteroatoms. The molecule has 1 aliphatic heterocycles. The van der Waals surface area contributed by atoms with Crippen LogP contribution in [0.25, 0.3) is 10.5 Å². The van der Waals surface area contributed by atoms with E-state index in [4.69, 9.17) is 4.98 Å². The molecule has 34 heavy (non-hydrogen) atoms. The summed E-state index contributed by atoms with van der Waals surface area (Å²) in [5, 5.41) is 8.56. The third kappa shape index (κ3) is 5.35. The van der Waals surface area contributed by atoms with Gasteiger partial charge in [0.2, 0.25) is 0 Å². The van der Waals surface area contributed by atoms with Crippen LogP contribution in [0.15, 0.2) is 52.1 Å². The maximum absolute atomic E-state index is 12.9. The lowest BCUT2D eigenvalue weighted by molar-refractivity contribution is -0.116. The van der Waals surface area contributed by atoms with Crippen molar-refractivity contribution in [2.45, 2.75) is 38.0 Å². The number of carbonyl (C=O) groups is 1. The van der Waals surface area contributed by atoms with Crippen LogP contribution in [0, 0.1) is 0 Å². The number of piperazine rings is 1. The Hall–Kier alpha value is -2.27. The van der Waals surface area contributed by atoms with Crippen molar-refractivity contribution in [2.75, 3.05) is 26.2 Å². The molecule has 2 N–H and O–H groups in total. The lowest BCUT2D eigenvalue weighted by atomic mass is 10.00. The number of nitrogens with one attached hydrogen (secondary N) is 2. The Labute approximate surface area is 205 Å². The van der Waals surface area contributed by atoms with Crippen molar-refractivity contribution >= 4 is 39.5 Å². The van der Waals surface area contributed by atoms with Crippen LogP contribution in [-0.2, 0) is 11.3 Å². The van der Waals surface area contributed by atoms with Crippen molar-refractivity contribution in [3.05, 3.63) is 63.4 Å². The molecule has 1 saturated heterocycles. The number of aromatic nitrogens is 2. The predicted octanol–water partition coefficient (Wildman–Crippen LogP) is 4.54. The minimum absolute atomic E-state index is 0.272. The Morgan fingerprint density at radius 3 is 2.85 bits per heavy atom. The van der Waals surface area contributed by atoms with Gasteiger partial charge in [-0.15, -0.1) is 11.3 Å². The molecule has 0 spiro atoms. The molecule has 2 aliphatic carbocycles. The summed E-state index contributed by atoms with van der Waals surface area (Å²) >= 11 is 2.14. The van der Waals surface area contributed by atoms with E-state index >= 15 is 0 Å². The number of fused-ring (bicyclic) bond motifs is 1. The van der Waals surface area contributed by atoms with Gasteiger partial charge in [0.05, 0.1) is 5.69 Å². The maximum atomic E-state index is 12.9. The highest BCUT2D eigenvalue weighted by Gasteiger charge is 2.21. The molecule has 3 aliphatic rings. The van der Waals surface area contributed by atoms with Gasteiger partial charge in [-0.3, -0.25) is 14.1 Å². The van der Waals surface area contributed by atoms with Crippen molar-refractivity contribution < 1.29 is 13.6 Å². The molecule has 2 aromatic heterocycles. The van der Waals surface area contributed by atoms with E-state index in [2.05, 4.69) is 37.6 Å². The molecule has 0 saturated carbocycles. The lowest BCUT2D eigenvalue weighted by Gasteiger charge is -2.26. The number of imidazole rings is 1. The van der Waals surface area contributed by atoms with Gasteiger partial charge in [-0.25, -0.2) is 4.98 Å². The summed E-state index contributed by atoms with van der Waals surface area (Å²) in [4.78, 5) is 21.7. The molecule has 0 atom stereocenters. The minimum Gasteiger partial charge on any atom is -0.322 e. The molecular weight excluding hydrogens is 476 g/mol. The van der Waals surface area contributed by atoms with Crippen LogP contribution in [0.2, 0.25) is 0 Å². The number of halogens is 2. The van der Waals surface area contributed by atoms with Crippen LogP contribution in [0.3, 0.4) is 0 Å². The van der Waals surface area contributed by atoms with E-state index in [1.807, 2.05) is 12.2 Å². The molecule has 1 fully saturated rings. The van der Waals surface area contributed by atoms with Gasteiger partial charge in [0, 0.05) is 66.8 Å². The van der Waals surface area contributed by atoms with Crippen LogP contribution in [-0.4, -0.2) is 52.1 Å². The van der Waals surface area contributed by atoms with Crippen LogP contribution >= 0.6 is 23.1 Å². The summed E-state index contributed by atoms with van der Waals surface area (Å²) < 4.78 is 27.7. The second-order valence-corrected chi connectivity index (χ2v) is 10.4. The highest BCUT2D eigenvalue weighted by molar-refractivity contribution is 8.03. The summed E-state index contributed by atoms with van der Waals surface area (Å²) in [7, 11) is 0. The van der Waals surface area contributed by atoms with Crippen LogP contribution in [0.4, 0.5) is 8.78 Å². The lowest BCUT2D eigenvalue weighted by Crippen LogP contribution is -2.43. The average molecular weight is 504 g/mol. The zero-order chi connectivity index (χ0) is 23.5. The van der Waals surface area contributed by atoms with E-state index in [0.717, 1.165) is 67.5 Å². The van der Waals surface area contributed by atoms with E-state index in [9.17, 15) is 13.6 Å². The van der Waals surface area contributed by atoms with Crippen LogP contribution in [0.5, 0.6) is 0 Å². The van der Waals surface area contributed by atoms with Crippen LogP contribution < -0.4 is 10.6 Å². The summed E-state index contributed by atoms with van der Waals surface area (Å²) in [5.74, 6) is -2.75. The summed E-state index contributed by atoms with van der Waals surface area (Å²) in [5.41, 5.74) is 4.12. The largest absolute Gasteiger partial charge is 0.322 e. The number of allylic oxidation sites excluding steroid dienone is 5. The van der Waals surface area contributed by atoms with Crippen molar-refractivity contribution in [3.8, 4) is 0 Å². The second kappa shape index (κ2) is 10.6.